The number of rotatable bonds is 3. The summed E-state index contributed by atoms with van der Waals surface area (Å²) < 4.78 is 25.6. The second kappa shape index (κ2) is 5.85. The molecule has 2 N–H and O–H groups in total. The molecule has 2 heterocycles. The highest BCUT2D eigenvalue weighted by atomic mass is 16.7. The fourth-order valence-electron chi connectivity index (χ4n) is 11.2. The Bertz CT molecular complexity index is 811. The summed E-state index contributed by atoms with van der Waals surface area (Å²) in [6, 6.07) is -0.0380. The van der Waals surface area contributed by atoms with E-state index in [-0.39, 0.29) is 48.2 Å². The van der Waals surface area contributed by atoms with Crippen LogP contribution in [-0.2, 0) is 18.9 Å². The van der Waals surface area contributed by atoms with Gasteiger partial charge in [0.25, 0.3) is 0 Å². The Morgan fingerprint density at radius 1 is 1.16 bits per heavy atom. The van der Waals surface area contributed by atoms with E-state index in [2.05, 4.69) is 18.7 Å². The topological polar surface area (TPSA) is 80.6 Å². The van der Waals surface area contributed by atoms with Crippen LogP contribution in [0.15, 0.2) is 0 Å². The van der Waals surface area contributed by atoms with E-state index in [0.717, 1.165) is 38.8 Å². The molecule has 31 heavy (non-hydrogen) atoms. The van der Waals surface area contributed by atoms with Crippen LogP contribution in [0.2, 0.25) is 0 Å². The summed E-state index contributed by atoms with van der Waals surface area (Å²) in [5.41, 5.74) is -1.92. The monoisotopic (exact) mass is 435 g/mol. The highest BCUT2D eigenvalue weighted by molar-refractivity contribution is 5.42. The molecule has 0 aromatic rings. The number of hydrogen-bond acceptors (Lipinski definition) is 7. The second-order valence-corrected chi connectivity index (χ2v) is 11.9. The van der Waals surface area contributed by atoms with Crippen molar-refractivity contribution in [3.8, 4) is 0 Å². The summed E-state index contributed by atoms with van der Waals surface area (Å²) in [6.07, 6.45) is 2.36. The Morgan fingerprint density at radius 3 is 2.68 bits per heavy atom. The normalized spacial score (nSPS) is 65.8. The molecule has 13 atom stereocenters. The van der Waals surface area contributed by atoms with Gasteiger partial charge in [-0.2, -0.15) is 0 Å². The summed E-state index contributed by atoms with van der Waals surface area (Å²) in [5, 5.41) is 24.2. The number of likely N-dealkylation sites (tertiary alicyclic amines) is 1. The molecule has 7 bridgehead atoms. The molecular weight excluding hydrogens is 398 g/mol. The average Bonchev–Trinajstić information content (AvgIpc) is 3.34. The van der Waals surface area contributed by atoms with Gasteiger partial charge in [-0.3, -0.25) is 4.90 Å². The first-order chi connectivity index (χ1) is 14.9. The van der Waals surface area contributed by atoms with Crippen LogP contribution in [0.5, 0.6) is 0 Å². The van der Waals surface area contributed by atoms with Gasteiger partial charge in [0.2, 0.25) is 0 Å². The van der Waals surface area contributed by atoms with E-state index >= 15 is 0 Å². The third-order valence-corrected chi connectivity index (χ3v) is 11.6. The minimum atomic E-state index is -0.846. The van der Waals surface area contributed by atoms with Gasteiger partial charge in [0.05, 0.1) is 30.5 Å². The lowest BCUT2D eigenvalue weighted by atomic mass is 9.43. The lowest BCUT2D eigenvalue weighted by Gasteiger charge is -2.69. The average molecular weight is 436 g/mol. The van der Waals surface area contributed by atoms with E-state index in [4.69, 9.17) is 18.9 Å². The summed E-state index contributed by atoms with van der Waals surface area (Å²) in [5.74, 6) is 0.650. The zero-order chi connectivity index (χ0) is 21.6. The Labute approximate surface area is 184 Å². The molecule has 7 heteroatoms. The molecule has 5 saturated carbocycles. The molecule has 0 unspecified atom stereocenters. The summed E-state index contributed by atoms with van der Waals surface area (Å²) in [4.78, 5) is 2.54. The number of hydrogen-bond donors (Lipinski definition) is 2. The largest absolute Gasteiger partial charge is 0.392 e. The number of likely N-dealkylation sites (N-methyl/N-ethyl adjacent to an activating group) is 1. The fraction of sp³-hybridized carbons (Fsp3) is 1.00. The standard InChI is InChI=1S/C24H37NO6/c1-5-25-10-21(2)7-6-15(26)23-13-8-12-14(28-3)9-22(16(13)17(12)29-4)24(20(23)25,31-11-30-22)19(27)18(21)23/h12-20,26-27H,5-11H2,1-4H3/t12-,13-,14+,15+,16-,17+,18-,19+,20+,21+,22-,23+,24-/m1/s1. The van der Waals surface area contributed by atoms with Crippen molar-refractivity contribution in [1.82, 2.24) is 4.90 Å². The Hall–Kier alpha value is -0.280. The van der Waals surface area contributed by atoms with Crippen molar-refractivity contribution in [2.75, 3.05) is 34.1 Å². The van der Waals surface area contributed by atoms with Gasteiger partial charge in [0.15, 0.2) is 0 Å². The van der Waals surface area contributed by atoms with Crippen LogP contribution in [0.3, 0.4) is 0 Å². The minimum absolute atomic E-state index is 0.00318. The zero-order valence-corrected chi connectivity index (χ0v) is 19.1. The van der Waals surface area contributed by atoms with Gasteiger partial charge in [0.1, 0.15) is 18.0 Å². The molecule has 7 rings (SSSR count). The Morgan fingerprint density at radius 2 is 1.97 bits per heavy atom. The predicted octanol–water partition coefficient (Wildman–Crippen LogP) is 1.01. The second-order valence-electron chi connectivity index (χ2n) is 11.9. The van der Waals surface area contributed by atoms with Crippen molar-refractivity contribution in [2.24, 2.45) is 34.5 Å². The molecule has 7 fully saturated rings. The Balaban J connectivity index is 1.56. The third-order valence-electron chi connectivity index (χ3n) is 11.6. The summed E-state index contributed by atoms with van der Waals surface area (Å²) >= 11 is 0. The van der Waals surface area contributed by atoms with Gasteiger partial charge < -0.3 is 29.2 Å². The molecular formula is C24H37NO6. The highest BCUT2D eigenvalue weighted by Gasteiger charge is 2.93. The first-order valence-corrected chi connectivity index (χ1v) is 12.3. The fourth-order valence-corrected chi connectivity index (χ4v) is 11.2. The predicted molar refractivity (Wildman–Crippen MR) is 110 cm³/mol. The van der Waals surface area contributed by atoms with Crippen LogP contribution in [0.25, 0.3) is 0 Å². The number of piperidine rings is 1. The first kappa shape index (κ1) is 20.1. The lowest BCUT2D eigenvalue weighted by Crippen LogP contribution is -2.80. The van der Waals surface area contributed by atoms with Crippen LogP contribution in [0.1, 0.15) is 39.5 Å². The quantitative estimate of drug-likeness (QED) is 0.685. The number of fused-ring (bicyclic) bond motifs is 1. The van der Waals surface area contributed by atoms with Crippen molar-refractivity contribution < 1.29 is 29.2 Å². The first-order valence-electron chi connectivity index (χ1n) is 12.3. The number of methoxy groups -OCH3 is 2. The van der Waals surface area contributed by atoms with Crippen molar-refractivity contribution in [2.45, 2.75) is 81.2 Å². The van der Waals surface area contributed by atoms with Crippen molar-refractivity contribution in [3.63, 3.8) is 0 Å². The third kappa shape index (κ3) is 1.74. The van der Waals surface area contributed by atoms with Gasteiger partial charge in [-0.1, -0.05) is 13.8 Å². The lowest BCUT2D eigenvalue weighted by molar-refractivity contribution is -0.280. The maximum atomic E-state index is 12.3. The molecule has 7 aliphatic rings. The molecule has 0 amide bonds. The SMILES string of the molecule is CCN1C[C@]2(C)CC[C@H](O)[C@@]34[C@@H]5C[C@H]6[C@H](OC)[C@@H]5[C@@]5(C[C@@H]6OC)OCO[C@]5([C@@H](O)[C@H]23)[C@@H]14. The van der Waals surface area contributed by atoms with Gasteiger partial charge in [0, 0.05) is 50.4 Å². The summed E-state index contributed by atoms with van der Waals surface area (Å²) in [7, 11) is 3.59. The van der Waals surface area contributed by atoms with Crippen molar-refractivity contribution >= 4 is 0 Å². The molecule has 0 aromatic carbocycles. The van der Waals surface area contributed by atoms with Crippen LogP contribution >= 0.6 is 0 Å². The van der Waals surface area contributed by atoms with E-state index in [1.54, 1.807) is 14.2 Å². The smallest absolute Gasteiger partial charge is 0.148 e. The zero-order valence-electron chi connectivity index (χ0n) is 19.1. The summed E-state index contributed by atoms with van der Waals surface area (Å²) in [6.45, 7) is 6.59. The van der Waals surface area contributed by atoms with Crippen molar-refractivity contribution in [3.05, 3.63) is 0 Å². The van der Waals surface area contributed by atoms with Crippen LogP contribution < -0.4 is 0 Å². The molecule has 5 aliphatic carbocycles. The highest BCUT2D eigenvalue weighted by Crippen LogP contribution is 2.82. The van der Waals surface area contributed by atoms with Gasteiger partial charge in [-0.15, -0.1) is 0 Å². The molecule has 2 aliphatic heterocycles. The Kier molecular flexibility index (Phi) is 3.80. The minimum Gasteiger partial charge on any atom is -0.392 e. The van der Waals surface area contributed by atoms with E-state index in [1.807, 2.05) is 0 Å². The molecule has 0 radical (unpaired) electrons. The maximum Gasteiger partial charge on any atom is 0.148 e. The van der Waals surface area contributed by atoms with E-state index in [1.165, 1.54) is 0 Å². The van der Waals surface area contributed by atoms with Gasteiger partial charge in [-0.25, -0.2) is 0 Å². The van der Waals surface area contributed by atoms with E-state index in [0.29, 0.717) is 5.92 Å². The van der Waals surface area contributed by atoms with E-state index < -0.39 is 28.8 Å². The van der Waals surface area contributed by atoms with E-state index in [9.17, 15) is 10.2 Å². The molecule has 7 nitrogen and oxygen atoms in total. The number of ether oxygens (including phenoxy) is 4. The van der Waals surface area contributed by atoms with Crippen LogP contribution in [-0.4, -0.2) is 90.9 Å². The maximum absolute atomic E-state index is 12.3. The number of aliphatic hydroxyl groups excluding tert-OH is 2. The molecule has 3 spiro atoms. The molecule has 0 aromatic heterocycles. The van der Waals surface area contributed by atoms with Crippen LogP contribution in [0, 0.1) is 34.5 Å². The number of aliphatic hydroxyl groups is 2. The van der Waals surface area contributed by atoms with Gasteiger partial charge in [-0.05, 0) is 37.1 Å². The van der Waals surface area contributed by atoms with Crippen molar-refractivity contribution in [1.29, 1.82) is 0 Å². The molecule has 2 saturated heterocycles. The molecule has 174 valence electrons. The van der Waals surface area contributed by atoms with Crippen LogP contribution in [0.4, 0.5) is 0 Å². The number of nitrogens with zero attached hydrogens (tertiary/aromatic N) is 1. The van der Waals surface area contributed by atoms with Gasteiger partial charge >= 0.3 is 0 Å².